The second-order valence-electron chi connectivity index (χ2n) is 17.5. The van der Waals surface area contributed by atoms with E-state index in [1.807, 2.05) is 97.9 Å². The van der Waals surface area contributed by atoms with E-state index in [-0.39, 0.29) is 68.5 Å². The van der Waals surface area contributed by atoms with E-state index in [9.17, 15) is 28.8 Å². The summed E-state index contributed by atoms with van der Waals surface area (Å²) in [7, 11) is 0. The quantitative estimate of drug-likeness (QED) is 0.0277. The first kappa shape index (κ1) is 49.9. The van der Waals surface area contributed by atoms with E-state index >= 15 is 0 Å². The molecule has 11 N–H and O–H groups in total. The van der Waals surface area contributed by atoms with Gasteiger partial charge in [-0.15, -0.1) is 0 Å². The molecule has 5 aromatic rings. The Morgan fingerprint density at radius 3 is 1.96 bits per heavy atom. The van der Waals surface area contributed by atoms with Crippen molar-refractivity contribution < 1.29 is 28.8 Å². The first-order chi connectivity index (χ1) is 32.8. The molecular formula is C53H63N9O6. The molecule has 68 heavy (non-hydrogen) atoms. The predicted molar refractivity (Wildman–Crippen MR) is 264 cm³/mol. The van der Waals surface area contributed by atoms with Crippen molar-refractivity contribution in [1.29, 1.82) is 0 Å². The molecule has 0 radical (unpaired) electrons. The van der Waals surface area contributed by atoms with Gasteiger partial charge in [-0.1, -0.05) is 122 Å². The molecule has 6 rings (SSSR count). The van der Waals surface area contributed by atoms with Gasteiger partial charge in [-0.2, -0.15) is 0 Å². The number of aliphatic imine (C=N–C) groups is 1. The monoisotopic (exact) mass is 921 g/mol. The fourth-order valence-electron chi connectivity index (χ4n) is 8.76. The summed E-state index contributed by atoms with van der Waals surface area (Å²) in [5.41, 5.74) is 19.1. The van der Waals surface area contributed by atoms with Crippen LogP contribution in [0.4, 0.5) is 0 Å². The van der Waals surface area contributed by atoms with Gasteiger partial charge in [0, 0.05) is 37.9 Å². The Balaban J connectivity index is 1.26. The first-order valence-corrected chi connectivity index (χ1v) is 23.3. The number of nitrogens with one attached hydrogen (secondary N) is 5. The maximum absolute atomic E-state index is 14.7. The molecule has 15 heteroatoms. The van der Waals surface area contributed by atoms with Gasteiger partial charge in [-0.25, -0.2) is 0 Å². The van der Waals surface area contributed by atoms with Gasteiger partial charge in [0.15, 0.2) is 5.96 Å². The molecule has 0 aliphatic heterocycles. The van der Waals surface area contributed by atoms with Crippen molar-refractivity contribution in [2.24, 2.45) is 22.2 Å². The van der Waals surface area contributed by atoms with E-state index < -0.39 is 53.2 Å². The number of hydrogen-bond donors (Lipinski definition) is 8. The number of nitrogens with zero attached hydrogens (tertiary/aromatic N) is 1. The molecule has 1 fully saturated rings. The Morgan fingerprint density at radius 1 is 0.647 bits per heavy atom. The normalized spacial score (nSPS) is 16.8. The molecular weight excluding hydrogens is 859 g/mol. The third kappa shape index (κ3) is 14.2. The first-order valence-electron chi connectivity index (χ1n) is 23.3. The summed E-state index contributed by atoms with van der Waals surface area (Å²) in [6, 6.07) is 35.9. The average molecular weight is 922 g/mol. The number of benzene rings is 5. The Morgan fingerprint density at radius 2 is 1.26 bits per heavy atom. The number of carbonyl (C=O) groups excluding carboxylic acids is 6. The molecule has 0 spiro atoms. The van der Waals surface area contributed by atoms with Crippen molar-refractivity contribution in [3.8, 4) is 0 Å². The Hall–Kier alpha value is -7.55. The van der Waals surface area contributed by atoms with E-state index in [1.165, 1.54) is 5.56 Å². The van der Waals surface area contributed by atoms with Crippen molar-refractivity contribution in [2.45, 2.75) is 107 Å². The second-order valence-corrected chi connectivity index (χ2v) is 17.5. The van der Waals surface area contributed by atoms with Gasteiger partial charge in [0.1, 0.15) is 23.7 Å². The second kappa shape index (κ2) is 24.3. The van der Waals surface area contributed by atoms with Gasteiger partial charge in [0.05, 0.1) is 0 Å². The van der Waals surface area contributed by atoms with Crippen molar-refractivity contribution in [2.75, 3.05) is 6.54 Å². The summed E-state index contributed by atoms with van der Waals surface area (Å²) in [6.07, 6.45) is 3.37. The highest BCUT2D eigenvalue weighted by Gasteiger charge is 2.44. The summed E-state index contributed by atoms with van der Waals surface area (Å²) < 4.78 is 0. The van der Waals surface area contributed by atoms with E-state index in [1.54, 1.807) is 24.3 Å². The summed E-state index contributed by atoms with van der Waals surface area (Å²) in [6.45, 7) is 2.09. The highest BCUT2D eigenvalue weighted by Crippen LogP contribution is 2.38. The van der Waals surface area contributed by atoms with E-state index in [4.69, 9.17) is 17.2 Å². The van der Waals surface area contributed by atoms with Crippen molar-refractivity contribution in [3.63, 3.8) is 0 Å². The highest BCUT2D eigenvalue weighted by molar-refractivity contribution is 5.97. The number of fused-ring (bicyclic) bond motifs is 1. The zero-order chi connectivity index (χ0) is 48.5. The maximum atomic E-state index is 14.7. The molecule has 6 amide bonds. The number of hydrogen-bond acceptors (Lipinski definition) is 7. The number of rotatable bonds is 22. The van der Waals surface area contributed by atoms with Gasteiger partial charge in [0.2, 0.25) is 35.4 Å². The molecule has 1 aliphatic rings. The molecule has 0 unspecified atom stereocenters. The number of nitrogens with two attached hydrogens (primary N) is 3. The minimum absolute atomic E-state index is 0.0386. The number of carbonyl (C=O) groups is 6. The van der Waals surface area contributed by atoms with Crippen LogP contribution in [-0.2, 0) is 43.4 Å². The molecule has 1 saturated carbocycles. The fraction of sp³-hybridized carbons (Fsp3) is 0.340. The lowest BCUT2D eigenvalue weighted by molar-refractivity contribution is -0.138. The molecule has 5 aromatic carbocycles. The van der Waals surface area contributed by atoms with Gasteiger partial charge >= 0.3 is 0 Å². The van der Waals surface area contributed by atoms with Gasteiger partial charge in [-0.05, 0) is 96.0 Å². The highest BCUT2D eigenvalue weighted by atomic mass is 16.2. The van der Waals surface area contributed by atoms with Crippen LogP contribution in [0, 0.1) is 0 Å². The lowest BCUT2D eigenvalue weighted by atomic mass is 9.73. The molecule has 0 bridgehead atoms. The van der Waals surface area contributed by atoms with Crippen molar-refractivity contribution in [3.05, 3.63) is 155 Å². The molecule has 0 heterocycles. The lowest BCUT2D eigenvalue weighted by Gasteiger charge is -2.40. The topological polar surface area (TPSA) is 253 Å². The Bertz CT molecular complexity index is 2560. The maximum Gasteiger partial charge on any atom is 0.248 e. The minimum atomic E-state index is -1.27. The van der Waals surface area contributed by atoms with Crippen LogP contribution in [0.3, 0.4) is 0 Å². The van der Waals surface area contributed by atoms with Crippen LogP contribution in [0.15, 0.2) is 132 Å². The molecule has 356 valence electrons. The van der Waals surface area contributed by atoms with Crippen LogP contribution < -0.4 is 43.8 Å². The van der Waals surface area contributed by atoms with Crippen LogP contribution in [0.1, 0.15) is 96.8 Å². The average Bonchev–Trinajstić information content (AvgIpc) is 3.34. The smallest absolute Gasteiger partial charge is 0.248 e. The predicted octanol–water partition coefficient (Wildman–Crippen LogP) is 4.56. The molecule has 1 aliphatic carbocycles. The SMILES string of the molecule is CCCC(=O)NC1(C(=O)N[C@H](Cc2ccccc2)C(=O)N[C@@H](CCCN=C(N)N)C(=O)N[C@@H](Cc2ccc3ccccc3c2)C(=O)NCc2cccc(C(N)=O)c2)CCC(c2ccccc2)CC1. The van der Waals surface area contributed by atoms with Crippen LogP contribution in [-0.4, -0.2) is 71.6 Å². The van der Waals surface area contributed by atoms with E-state index in [0.29, 0.717) is 37.7 Å². The zero-order valence-electron chi connectivity index (χ0n) is 38.5. The zero-order valence-corrected chi connectivity index (χ0v) is 38.5. The minimum Gasteiger partial charge on any atom is -0.370 e. The fourth-order valence-corrected chi connectivity index (χ4v) is 8.76. The van der Waals surface area contributed by atoms with Crippen LogP contribution >= 0.6 is 0 Å². The summed E-state index contributed by atoms with van der Waals surface area (Å²) in [5.74, 6) is -3.06. The van der Waals surface area contributed by atoms with Gasteiger partial charge in [0.25, 0.3) is 0 Å². The third-order valence-electron chi connectivity index (χ3n) is 12.4. The number of primary amides is 1. The molecule has 3 atom stereocenters. The number of guanidine groups is 1. The van der Waals surface area contributed by atoms with Gasteiger partial charge < -0.3 is 43.8 Å². The third-order valence-corrected chi connectivity index (χ3v) is 12.4. The van der Waals surface area contributed by atoms with E-state index in [2.05, 4.69) is 43.7 Å². The number of amides is 6. The Kier molecular flexibility index (Phi) is 17.8. The van der Waals surface area contributed by atoms with Crippen molar-refractivity contribution >= 4 is 52.2 Å². The molecule has 15 nitrogen and oxygen atoms in total. The molecule has 0 aromatic heterocycles. The van der Waals surface area contributed by atoms with E-state index in [0.717, 1.165) is 21.9 Å². The van der Waals surface area contributed by atoms with Crippen LogP contribution in [0.2, 0.25) is 0 Å². The van der Waals surface area contributed by atoms with Crippen LogP contribution in [0.5, 0.6) is 0 Å². The molecule has 0 saturated heterocycles. The summed E-state index contributed by atoms with van der Waals surface area (Å²) in [4.78, 5) is 87.3. The summed E-state index contributed by atoms with van der Waals surface area (Å²) in [5, 5.41) is 16.7. The Labute approximate surface area is 397 Å². The van der Waals surface area contributed by atoms with Gasteiger partial charge in [-0.3, -0.25) is 33.8 Å². The standard InChI is InChI=1S/C53H63N9O6/c1-2-13-46(63)62-53(27-25-40(26-28-53)38-17-7-4-8-18-38)51(68)61-45(32-35-14-5-3-6-15-35)50(67)59-43(22-12-29-57-52(55)56)49(66)60-44(33-36-23-24-39-19-9-10-20-41(39)30-36)48(65)58-34-37-16-11-21-42(31-37)47(54)64/h3-11,14-21,23-24,30-31,40,43-45H,2,12-13,22,25-29,32-34H2,1H3,(H2,54,64)(H,58,65)(H,59,67)(H,60,66)(H,61,68)(H,62,63)(H4,55,56,57)/t40?,43-,44-,45+,53?/m0/s1. The largest absolute Gasteiger partial charge is 0.370 e. The lowest BCUT2D eigenvalue weighted by Crippen LogP contribution is -2.64. The summed E-state index contributed by atoms with van der Waals surface area (Å²) >= 11 is 0. The van der Waals surface area contributed by atoms with Crippen LogP contribution in [0.25, 0.3) is 10.8 Å². The van der Waals surface area contributed by atoms with Crippen molar-refractivity contribution in [1.82, 2.24) is 26.6 Å².